The van der Waals surface area contributed by atoms with Crippen LogP contribution in [0.2, 0.25) is 0 Å². The molecule has 102 valence electrons. The van der Waals surface area contributed by atoms with Crippen molar-refractivity contribution in [2.24, 2.45) is 0 Å². The van der Waals surface area contributed by atoms with Crippen LogP contribution in [0, 0.1) is 0 Å². The van der Waals surface area contributed by atoms with E-state index in [0.29, 0.717) is 6.61 Å². The first-order valence-electron chi connectivity index (χ1n) is 6.28. The van der Waals surface area contributed by atoms with E-state index in [9.17, 15) is 9.59 Å². The summed E-state index contributed by atoms with van der Waals surface area (Å²) in [5.41, 5.74) is 0.986. The van der Waals surface area contributed by atoms with Gasteiger partial charge in [0.15, 0.2) is 0 Å². The highest BCUT2D eigenvalue weighted by atomic mass is 16.5. The average molecular weight is 263 g/mol. The lowest BCUT2D eigenvalue weighted by atomic mass is 10.0. The van der Waals surface area contributed by atoms with Crippen molar-refractivity contribution in [1.29, 1.82) is 0 Å². The number of carbonyl (C=O) groups is 2. The van der Waals surface area contributed by atoms with E-state index in [1.165, 1.54) is 7.11 Å². The molecule has 2 rings (SSSR count). The van der Waals surface area contributed by atoms with Crippen LogP contribution < -0.4 is 10.1 Å². The third kappa shape index (κ3) is 3.47. The van der Waals surface area contributed by atoms with Crippen molar-refractivity contribution in [1.82, 2.24) is 5.32 Å². The molecular formula is C14H17NO4. The normalized spacial score (nSPS) is 17.0. The molecule has 1 aromatic carbocycles. The van der Waals surface area contributed by atoms with Gasteiger partial charge in [0, 0.05) is 18.4 Å². The minimum Gasteiger partial charge on any atom is -0.493 e. The maximum Gasteiger partial charge on any atom is 0.306 e. The largest absolute Gasteiger partial charge is 0.493 e. The van der Waals surface area contributed by atoms with Gasteiger partial charge in [0.1, 0.15) is 5.75 Å². The van der Waals surface area contributed by atoms with Gasteiger partial charge in [-0.2, -0.15) is 0 Å². The number of esters is 1. The van der Waals surface area contributed by atoms with Gasteiger partial charge in [-0.3, -0.25) is 9.59 Å². The number of carbonyl (C=O) groups excluding carboxylic acids is 2. The van der Waals surface area contributed by atoms with E-state index in [-0.39, 0.29) is 30.8 Å². The van der Waals surface area contributed by atoms with Gasteiger partial charge in [-0.05, 0) is 6.07 Å². The van der Waals surface area contributed by atoms with Crippen LogP contribution in [0.15, 0.2) is 24.3 Å². The van der Waals surface area contributed by atoms with Crippen LogP contribution in [-0.4, -0.2) is 25.6 Å². The molecule has 1 aliphatic heterocycles. The van der Waals surface area contributed by atoms with Gasteiger partial charge in [0.25, 0.3) is 0 Å². The summed E-state index contributed by atoms with van der Waals surface area (Å²) in [5.74, 6) is 0.293. The second-order valence-electron chi connectivity index (χ2n) is 4.37. The van der Waals surface area contributed by atoms with Crippen LogP contribution in [-0.2, 0) is 14.3 Å². The van der Waals surface area contributed by atoms with Gasteiger partial charge in [-0.1, -0.05) is 18.2 Å². The molecule has 5 heteroatoms. The number of methoxy groups -OCH3 is 1. The maximum atomic E-state index is 11.8. The lowest BCUT2D eigenvalue weighted by Gasteiger charge is -2.26. The Morgan fingerprint density at radius 2 is 2.16 bits per heavy atom. The molecule has 19 heavy (non-hydrogen) atoms. The minimum atomic E-state index is -0.373. The standard InChI is InChI=1S/C14H17NO4/c1-18-14(17)7-6-13(16)15-11-8-9-19-12-5-3-2-4-10(11)12/h2-5,11H,6-9H2,1H3,(H,15,16)/t11-/m0/s1. The molecule has 0 spiro atoms. The molecule has 1 amide bonds. The van der Waals surface area contributed by atoms with Gasteiger partial charge in [-0.15, -0.1) is 0 Å². The SMILES string of the molecule is COC(=O)CCC(=O)N[C@H]1CCOc2ccccc21. The molecule has 1 aromatic rings. The Balaban J connectivity index is 1.93. The predicted octanol–water partition coefficient (Wildman–Crippen LogP) is 1.58. The molecule has 1 atom stereocenters. The topological polar surface area (TPSA) is 64.6 Å². The maximum absolute atomic E-state index is 11.8. The molecule has 5 nitrogen and oxygen atoms in total. The number of nitrogens with one attached hydrogen (secondary N) is 1. The number of benzene rings is 1. The van der Waals surface area contributed by atoms with Crippen molar-refractivity contribution >= 4 is 11.9 Å². The second kappa shape index (κ2) is 6.22. The van der Waals surface area contributed by atoms with E-state index < -0.39 is 0 Å². The molecule has 0 aromatic heterocycles. The highest BCUT2D eigenvalue weighted by molar-refractivity contribution is 5.81. The first kappa shape index (κ1) is 13.4. The van der Waals surface area contributed by atoms with Crippen LogP contribution >= 0.6 is 0 Å². The Bertz CT molecular complexity index is 472. The number of amides is 1. The van der Waals surface area contributed by atoms with Crippen LogP contribution in [0.25, 0.3) is 0 Å². The number of hydrogen-bond acceptors (Lipinski definition) is 4. The zero-order valence-electron chi connectivity index (χ0n) is 10.8. The molecule has 1 aliphatic rings. The van der Waals surface area contributed by atoms with Crippen LogP contribution in [0.1, 0.15) is 30.9 Å². The second-order valence-corrected chi connectivity index (χ2v) is 4.37. The Hall–Kier alpha value is -2.04. The molecule has 0 saturated heterocycles. The van der Waals surface area contributed by atoms with Crippen molar-refractivity contribution in [2.75, 3.05) is 13.7 Å². The first-order valence-corrected chi connectivity index (χ1v) is 6.28. The Morgan fingerprint density at radius 3 is 2.95 bits per heavy atom. The van der Waals surface area contributed by atoms with E-state index in [1.807, 2.05) is 24.3 Å². The van der Waals surface area contributed by atoms with Crippen LogP contribution in [0.3, 0.4) is 0 Å². The molecule has 0 fully saturated rings. The lowest BCUT2D eigenvalue weighted by Crippen LogP contribution is -2.32. The number of rotatable bonds is 4. The Morgan fingerprint density at radius 1 is 1.37 bits per heavy atom. The quantitative estimate of drug-likeness (QED) is 0.838. The third-order valence-corrected chi connectivity index (χ3v) is 3.08. The summed E-state index contributed by atoms with van der Waals surface area (Å²) in [6.45, 7) is 0.582. The van der Waals surface area contributed by atoms with Gasteiger partial charge in [0.2, 0.25) is 5.91 Å². The van der Waals surface area contributed by atoms with E-state index in [2.05, 4.69) is 10.1 Å². The van der Waals surface area contributed by atoms with Crippen molar-refractivity contribution < 1.29 is 19.1 Å². The zero-order valence-corrected chi connectivity index (χ0v) is 10.8. The van der Waals surface area contributed by atoms with Crippen LogP contribution in [0.4, 0.5) is 0 Å². The molecule has 0 radical (unpaired) electrons. The van der Waals surface area contributed by atoms with Gasteiger partial charge in [0.05, 0.1) is 26.2 Å². The fraction of sp³-hybridized carbons (Fsp3) is 0.429. The highest BCUT2D eigenvalue weighted by Gasteiger charge is 2.22. The van der Waals surface area contributed by atoms with E-state index in [0.717, 1.165) is 17.7 Å². The molecule has 0 bridgehead atoms. The van der Waals surface area contributed by atoms with E-state index in [1.54, 1.807) is 0 Å². The molecule has 0 aliphatic carbocycles. The zero-order chi connectivity index (χ0) is 13.7. The van der Waals surface area contributed by atoms with E-state index in [4.69, 9.17) is 4.74 Å². The Labute approximate surface area is 111 Å². The highest BCUT2D eigenvalue weighted by Crippen LogP contribution is 2.31. The minimum absolute atomic E-state index is 0.0462. The smallest absolute Gasteiger partial charge is 0.306 e. The lowest BCUT2D eigenvalue weighted by molar-refractivity contribution is -0.142. The molecule has 0 saturated carbocycles. The monoisotopic (exact) mass is 263 g/mol. The summed E-state index contributed by atoms with van der Waals surface area (Å²) in [4.78, 5) is 22.8. The fourth-order valence-electron chi connectivity index (χ4n) is 2.08. The average Bonchev–Trinajstić information content (AvgIpc) is 2.45. The predicted molar refractivity (Wildman–Crippen MR) is 68.7 cm³/mol. The van der Waals surface area contributed by atoms with Gasteiger partial charge in [-0.25, -0.2) is 0 Å². The van der Waals surface area contributed by atoms with Crippen molar-refractivity contribution in [3.8, 4) is 5.75 Å². The summed E-state index contributed by atoms with van der Waals surface area (Å²) in [5, 5.41) is 2.93. The van der Waals surface area contributed by atoms with E-state index >= 15 is 0 Å². The molecule has 1 heterocycles. The van der Waals surface area contributed by atoms with Crippen molar-refractivity contribution in [3.63, 3.8) is 0 Å². The van der Waals surface area contributed by atoms with Crippen LogP contribution in [0.5, 0.6) is 5.75 Å². The van der Waals surface area contributed by atoms with Crippen molar-refractivity contribution in [3.05, 3.63) is 29.8 Å². The van der Waals surface area contributed by atoms with Crippen molar-refractivity contribution in [2.45, 2.75) is 25.3 Å². The van der Waals surface area contributed by atoms with Gasteiger partial charge >= 0.3 is 5.97 Å². The summed E-state index contributed by atoms with van der Waals surface area (Å²) in [6.07, 6.45) is 0.986. The number of fused-ring (bicyclic) bond motifs is 1. The summed E-state index contributed by atoms with van der Waals surface area (Å²) in [6, 6.07) is 7.61. The summed E-state index contributed by atoms with van der Waals surface area (Å²) >= 11 is 0. The Kier molecular flexibility index (Phi) is 4.39. The fourth-order valence-corrected chi connectivity index (χ4v) is 2.08. The number of para-hydroxylation sites is 1. The first-order chi connectivity index (χ1) is 9.20. The van der Waals surface area contributed by atoms with Gasteiger partial charge < -0.3 is 14.8 Å². The summed E-state index contributed by atoms with van der Waals surface area (Å²) < 4.78 is 10.0. The number of hydrogen-bond donors (Lipinski definition) is 1. The third-order valence-electron chi connectivity index (χ3n) is 3.08. The molecular weight excluding hydrogens is 246 g/mol. The number of ether oxygens (including phenoxy) is 2. The molecule has 1 N–H and O–H groups in total. The summed E-state index contributed by atoms with van der Waals surface area (Å²) in [7, 11) is 1.31. The molecule has 0 unspecified atom stereocenters.